The molecule has 17 heavy (non-hydrogen) atoms. The maximum atomic E-state index is 11.9. The van der Waals surface area contributed by atoms with Crippen molar-refractivity contribution < 1.29 is 4.79 Å². The van der Waals surface area contributed by atoms with Gasteiger partial charge in [0, 0.05) is 25.3 Å². The number of carbonyl (C=O) groups is 1. The van der Waals surface area contributed by atoms with Crippen LogP contribution in [0.4, 0.5) is 0 Å². The van der Waals surface area contributed by atoms with Crippen molar-refractivity contribution in [2.24, 2.45) is 5.41 Å². The summed E-state index contributed by atoms with van der Waals surface area (Å²) >= 11 is 0. The first-order valence-corrected chi connectivity index (χ1v) is 6.45. The highest BCUT2D eigenvalue weighted by Gasteiger charge is 2.47. The Balaban J connectivity index is 1.78. The van der Waals surface area contributed by atoms with Gasteiger partial charge in [0.15, 0.2) is 0 Å². The molecule has 0 bridgehead atoms. The second kappa shape index (κ2) is 3.90. The second-order valence-electron chi connectivity index (χ2n) is 5.37. The first-order valence-electron chi connectivity index (χ1n) is 6.45. The monoisotopic (exact) mass is 231 g/mol. The molecule has 3 heteroatoms. The number of amides is 1. The fourth-order valence-corrected chi connectivity index (χ4v) is 3.23. The van der Waals surface area contributed by atoms with Crippen molar-refractivity contribution in [1.82, 2.24) is 10.2 Å². The number of allylic oxidation sites excluding steroid dienone is 3. The van der Waals surface area contributed by atoms with Crippen LogP contribution in [0.25, 0.3) is 0 Å². The van der Waals surface area contributed by atoms with E-state index in [-0.39, 0.29) is 11.3 Å². The van der Waals surface area contributed by atoms with E-state index in [0.717, 1.165) is 38.9 Å². The Kier molecular flexibility index (Phi) is 2.49. The first-order chi connectivity index (χ1) is 8.21. The Morgan fingerprint density at radius 2 is 2.29 bits per heavy atom. The van der Waals surface area contributed by atoms with Crippen LogP contribution in [0.1, 0.15) is 26.2 Å². The van der Waals surface area contributed by atoms with Crippen LogP contribution in [0.5, 0.6) is 0 Å². The average Bonchev–Trinajstić information content (AvgIpc) is 2.89. The zero-order valence-corrected chi connectivity index (χ0v) is 10.3. The number of likely N-dealkylation sites (tertiary alicyclic amines) is 1. The zero-order chi connectivity index (χ0) is 11.9. The lowest BCUT2D eigenvalue weighted by Gasteiger charge is -2.27. The Morgan fingerprint density at radius 1 is 1.41 bits per heavy atom. The summed E-state index contributed by atoms with van der Waals surface area (Å²) < 4.78 is 0. The molecular weight excluding hydrogens is 212 g/mol. The molecule has 2 heterocycles. The average molecular weight is 231 g/mol. The van der Waals surface area contributed by atoms with Crippen LogP contribution in [0.3, 0.4) is 0 Å². The predicted molar refractivity (Wildman–Crippen MR) is 67.0 cm³/mol. The van der Waals surface area contributed by atoms with Gasteiger partial charge < -0.3 is 10.2 Å². The number of hydrogen-bond acceptors (Lipinski definition) is 2. The molecule has 1 radical (unpaired) electrons. The lowest BCUT2D eigenvalue weighted by atomic mass is 9.86. The van der Waals surface area contributed by atoms with Gasteiger partial charge >= 0.3 is 0 Å². The molecule has 1 amide bonds. The number of hydrogen-bond donors (Lipinski definition) is 1. The van der Waals surface area contributed by atoms with Crippen LogP contribution in [-0.4, -0.2) is 30.4 Å². The molecule has 3 nitrogen and oxygen atoms in total. The molecule has 1 aliphatic carbocycles. The molecule has 1 unspecified atom stereocenters. The first kappa shape index (κ1) is 10.9. The minimum atomic E-state index is -0.0950. The summed E-state index contributed by atoms with van der Waals surface area (Å²) in [5.74, 6) is 0.268. The van der Waals surface area contributed by atoms with Crippen molar-refractivity contribution in [3.8, 4) is 0 Å². The molecule has 2 saturated heterocycles. The molecule has 1 spiro atoms. The lowest BCUT2D eigenvalue weighted by Crippen LogP contribution is -2.34. The smallest absolute Gasteiger partial charge is 0.228 e. The fourth-order valence-electron chi connectivity index (χ4n) is 3.23. The Hall–Kier alpha value is -1.25. The van der Waals surface area contributed by atoms with E-state index in [4.69, 9.17) is 0 Å². The van der Waals surface area contributed by atoms with Gasteiger partial charge in [-0.2, -0.15) is 0 Å². The Labute approximate surface area is 103 Å². The van der Waals surface area contributed by atoms with Gasteiger partial charge in [-0.25, -0.2) is 0 Å². The van der Waals surface area contributed by atoms with Gasteiger partial charge in [-0.15, -0.1) is 0 Å². The van der Waals surface area contributed by atoms with Crippen LogP contribution in [0, 0.1) is 11.8 Å². The van der Waals surface area contributed by atoms with E-state index in [9.17, 15) is 4.79 Å². The third-order valence-corrected chi connectivity index (χ3v) is 4.28. The molecule has 1 N–H and O–H groups in total. The van der Waals surface area contributed by atoms with Gasteiger partial charge in [0.25, 0.3) is 0 Å². The van der Waals surface area contributed by atoms with Crippen molar-refractivity contribution in [1.29, 1.82) is 0 Å². The molecule has 3 aliphatic rings. The molecule has 3 rings (SSSR count). The van der Waals surface area contributed by atoms with E-state index < -0.39 is 0 Å². The number of nitrogens with zero attached hydrogens (tertiary/aromatic N) is 1. The van der Waals surface area contributed by atoms with Crippen molar-refractivity contribution in [3.05, 3.63) is 29.8 Å². The van der Waals surface area contributed by atoms with E-state index >= 15 is 0 Å². The lowest BCUT2D eigenvalue weighted by molar-refractivity contribution is -0.126. The van der Waals surface area contributed by atoms with Gasteiger partial charge in [0.1, 0.15) is 0 Å². The van der Waals surface area contributed by atoms with Gasteiger partial charge in [0.2, 0.25) is 5.91 Å². The highest BCUT2D eigenvalue weighted by atomic mass is 16.2. The molecular formula is C14H19N2O. The summed E-state index contributed by atoms with van der Waals surface area (Å²) in [6.07, 6.45) is 9.68. The second-order valence-corrected chi connectivity index (χ2v) is 5.37. The molecule has 0 aromatic rings. The van der Waals surface area contributed by atoms with Crippen molar-refractivity contribution in [2.45, 2.75) is 26.2 Å². The Bertz CT molecular complexity index is 410. The molecule has 0 aromatic carbocycles. The largest absolute Gasteiger partial charge is 0.370 e. The summed E-state index contributed by atoms with van der Waals surface area (Å²) in [6, 6.07) is 0. The minimum absolute atomic E-state index is 0.0950. The van der Waals surface area contributed by atoms with Crippen molar-refractivity contribution in [3.63, 3.8) is 0 Å². The van der Waals surface area contributed by atoms with Gasteiger partial charge in [-0.1, -0.05) is 12.2 Å². The highest BCUT2D eigenvalue weighted by molar-refractivity contribution is 5.85. The van der Waals surface area contributed by atoms with Gasteiger partial charge in [0.05, 0.1) is 5.41 Å². The molecule has 91 valence electrons. The highest BCUT2D eigenvalue weighted by Crippen LogP contribution is 2.40. The molecule has 0 saturated carbocycles. The van der Waals surface area contributed by atoms with E-state index in [1.165, 1.54) is 11.3 Å². The van der Waals surface area contributed by atoms with Crippen LogP contribution < -0.4 is 5.32 Å². The quantitative estimate of drug-likeness (QED) is 0.744. The number of carbonyl (C=O) groups excluding carboxylic acids is 1. The maximum absolute atomic E-state index is 11.9. The molecule has 2 fully saturated rings. The topological polar surface area (TPSA) is 32.3 Å². The SMILES string of the molecule is CC1=C[CH]CC=C1N1CCC2(CCNC2=O)C1. The molecule has 1 atom stereocenters. The third kappa shape index (κ3) is 1.68. The minimum Gasteiger partial charge on any atom is -0.370 e. The van der Waals surface area contributed by atoms with E-state index in [0.29, 0.717) is 0 Å². The summed E-state index contributed by atoms with van der Waals surface area (Å²) in [5, 5.41) is 2.98. The van der Waals surface area contributed by atoms with Crippen LogP contribution in [-0.2, 0) is 4.79 Å². The summed E-state index contributed by atoms with van der Waals surface area (Å²) in [5.41, 5.74) is 2.57. The van der Waals surface area contributed by atoms with Crippen LogP contribution in [0.2, 0.25) is 0 Å². The maximum Gasteiger partial charge on any atom is 0.228 e. The fraction of sp³-hybridized carbons (Fsp3) is 0.571. The molecule has 0 aromatic heterocycles. The van der Waals surface area contributed by atoms with Crippen molar-refractivity contribution >= 4 is 5.91 Å². The predicted octanol–water partition coefficient (Wildman–Crippen LogP) is 1.64. The number of nitrogens with one attached hydrogen (secondary N) is 1. The summed E-state index contributed by atoms with van der Waals surface area (Å²) in [4.78, 5) is 14.3. The summed E-state index contributed by atoms with van der Waals surface area (Å²) in [7, 11) is 0. The number of rotatable bonds is 1. The van der Waals surface area contributed by atoms with Crippen LogP contribution in [0.15, 0.2) is 23.4 Å². The molecule has 2 aliphatic heterocycles. The van der Waals surface area contributed by atoms with Crippen LogP contribution >= 0.6 is 0 Å². The van der Waals surface area contributed by atoms with E-state index in [1.807, 2.05) is 0 Å². The van der Waals surface area contributed by atoms with E-state index in [2.05, 4.69) is 35.7 Å². The summed E-state index contributed by atoms with van der Waals surface area (Å²) in [6.45, 7) is 4.93. The standard InChI is InChI=1S/C14H19N2O/c1-11-4-2-3-5-12(11)16-9-7-14(10-16)6-8-15-13(14)17/h2,4-5H,3,6-10H2,1H3,(H,15,17). The van der Waals surface area contributed by atoms with Crippen molar-refractivity contribution in [2.75, 3.05) is 19.6 Å². The zero-order valence-electron chi connectivity index (χ0n) is 10.3. The normalized spacial score (nSPS) is 32.8. The van der Waals surface area contributed by atoms with E-state index in [1.54, 1.807) is 0 Å². The van der Waals surface area contributed by atoms with Gasteiger partial charge in [-0.05, 0) is 38.2 Å². The third-order valence-electron chi connectivity index (χ3n) is 4.28. The Morgan fingerprint density at radius 3 is 3.00 bits per heavy atom. The van der Waals surface area contributed by atoms with Gasteiger partial charge in [-0.3, -0.25) is 4.79 Å².